The number of halogens is 3. The number of carbonyl (C=O) groups excluding carboxylic acids is 1. The van der Waals surface area contributed by atoms with Crippen molar-refractivity contribution in [3.63, 3.8) is 0 Å². The number of ether oxygens (including phenoxy) is 2. The Morgan fingerprint density at radius 1 is 1.22 bits per heavy atom. The van der Waals surface area contributed by atoms with Gasteiger partial charge in [0.2, 0.25) is 5.91 Å². The fraction of sp³-hybridized carbons (Fsp3) is 0.235. The molecule has 2 aliphatic heterocycles. The van der Waals surface area contributed by atoms with Gasteiger partial charge in [0, 0.05) is 29.3 Å². The molecular weight excluding hydrogens is 400 g/mol. The average Bonchev–Trinajstić information content (AvgIpc) is 3.16. The molecule has 6 nitrogen and oxygen atoms in total. The zero-order valence-corrected chi connectivity index (χ0v) is 15.4. The molecule has 2 aromatic carbocycles. The van der Waals surface area contributed by atoms with Crippen LogP contribution in [0.5, 0.6) is 11.5 Å². The number of fused-ring (bicyclic) bond motifs is 1. The van der Waals surface area contributed by atoms with Gasteiger partial charge < -0.3 is 14.8 Å². The number of nitrogens with one attached hydrogen (secondary N) is 1. The number of hydrogen-bond donors (Lipinski definition) is 1. The summed E-state index contributed by atoms with van der Waals surface area (Å²) in [6.45, 7) is 1.82. The highest BCUT2D eigenvalue weighted by Gasteiger charge is 2.43. The summed E-state index contributed by atoms with van der Waals surface area (Å²) >= 11 is 7.32. The van der Waals surface area contributed by atoms with E-state index < -0.39 is 6.29 Å². The molecule has 140 valence electrons. The van der Waals surface area contributed by atoms with Crippen LogP contribution in [0, 0.1) is 0 Å². The normalized spacial score (nSPS) is 22.1. The first-order valence-electron chi connectivity index (χ1n) is 7.89. The van der Waals surface area contributed by atoms with Crippen molar-refractivity contribution in [1.29, 1.82) is 0 Å². The number of hydrogen-bond acceptors (Lipinski definition) is 6. The second-order valence-electron chi connectivity index (χ2n) is 5.98. The Labute approximate surface area is 162 Å². The minimum absolute atomic E-state index is 0.0866. The molecule has 2 atom stereocenters. The maximum Gasteiger partial charge on any atom is 0.586 e. The summed E-state index contributed by atoms with van der Waals surface area (Å²) in [5, 5.41) is 6.60. The van der Waals surface area contributed by atoms with E-state index in [1.807, 2.05) is 6.92 Å². The molecule has 1 N–H and O–H groups in total. The van der Waals surface area contributed by atoms with Gasteiger partial charge in [-0.15, -0.1) is 13.3 Å². The van der Waals surface area contributed by atoms with Crippen molar-refractivity contribution < 1.29 is 23.0 Å². The standard InChI is InChI=1S/C17H12ClF2N3O3S/c1-8-15(27-23-22-8)16(24)21-10-4-2-9(3-5-10)11-6-13-14(7-12(11)18)26-17(19,20)25-13/h2-8,15H,1H3,(H,21,24). The molecule has 0 saturated carbocycles. The molecule has 2 aromatic rings. The summed E-state index contributed by atoms with van der Waals surface area (Å²) in [6.07, 6.45) is -3.70. The van der Waals surface area contributed by atoms with E-state index in [-0.39, 0.29) is 33.7 Å². The van der Waals surface area contributed by atoms with Crippen LogP contribution < -0.4 is 14.8 Å². The maximum absolute atomic E-state index is 13.2. The molecule has 10 heteroatoms. The Kier molecular flexibility index (Phi) is 4.43. The summed E-state index contributed by atoms with van der Waals surface area (Å²) in [6, 6.07) is 9.33. The molecule has 4 rings (SSSR count). The predicted molar refractivity (Wildman–Crippen MR) is 97.4 cm³/mol. The van der Waals surface area contributed by atoms with Crippen LogP contribution in [-0.4, -0.2) is 23.5 Å². The molecule has 2 aliphatic rings. The van der Waals surface area contributed by atoms with Crippen LogP contribution in [0.15, 0.2) is 46.0 Å². The van der Waals surface area contributed by atoms with E-state index in [4.69, 9.17) is 11.6 Å². The first kappa shape index (κ1) is 18.0. The van der Waals surface area contributed by atoms with Crippen LogP contribution in [0.25, 0.3) is 11.1 Å². The number of nitrogens with zero attached hydrogens (tertiary/aromatic N) is 2. The highest BCUT2D eigenvalue weighted by molar-refractivity contribution is 7.99. The minimum atomic E-state index is -3.70. The first-order chi connectivity index (χ1) is 12.8. The zero-order chi connectivity index (χ0) is 19.2. The third-order valence-electron chi connectivity index (χ3n) is 4.04. The summed E-state index contributed by atoms with van der Waals surface area (Å²) in [4.78, 5) is 12.2. The molecule has 0 radical (unpaired) electrons. The number of benzene rings is 2. The van der Waals surface area contributed by atoms with Gasteiger partial charge >= 0.3 is 6.29 Å². The fourth-order valence-electron chi connectivity index (χ4n) is 2.71. The molecule has 0 fully saturated rings. The highest BCUT2D eigenvalue weighted by Crippen LogP contribution is 2.46. The van der Waals surface area contributed by atoms with Crippen LogP contribution in [0.1, 0.15) is 6.92 Å². The number of alkyl halides is 2. The van der Waals surface area contributed by atoms with Crippen molar-refractivity contribution in [3.05, 3.63) is 41.4 Å². The lowest BCUT2D eigenvalue weighted by atomic mass is 10.0. The average molecular weight is 412 g/mol. The van der Waals surface area contributed by atoms with Crippen molar-refractivity contribution >= 4 is 35.1 Å². The van der Waals surface area contributed by atoms with Crippen LogP contribution in [0.2, 0.25) is 5.02 Å². The second-order valence-corrected chi connectivity index (χ2v) is 7.27. The van der Waals surface area contributed by atoms with Crippen LogP contribution in [0.3, 0.4) is 0 Å². The van der Waals surface area contributed by atoms with Crippen molar-refractivity contribution in [2.75, 3.05) is 5.32 Å². The lowest BCUT2D eigenvalue weighted by molar-refractivity contribution is -0.286. The monoisotopic (exact) mass is 411 g/mol. The molecule has 1 amide bonds. The van der Waals surface area contributed by atoms with Crippen molar-refractivity contribution in [2.24, 2.45) is 9.63 Å². The van der Waals surface area contributed by atoms with Crippen LogP contribution in [0.4, 0.5) is 14.5 Å². The van der Waals surface area contributed by atoms with Gasteiger partial charge in [0.25, 0.3) is 0 Å². The molecule has 0 spiro atoms. The second kappa shape index (κ2) is 6.65. The highest BCUT2D eigenvalue weighted by atomic mass is 35.5. The van der Waals surface area contributed by atoms with E-state index in [0.717, 1.165) is 11.9 Å². The summed E-state index contributed by atoms with van der Waals surface area (Å²) in [7, 11) is 0. The summed E-state index contributed by atoms with van der Waals surface area (Å²) < 4.78 is 39.0. The lowest BCUT2D eigenvalue weighted by Gasteiger charge is -2.12. The maximum atomic E-state index is 13.2. The van der Waals surface area contributed by atoms with Crippen molar-refractivity contribution in [2.45, 2.75) is 24.5 Å². The largest absolute Gasteiger partial charge is 0.586 e. The van der Waals surface area contributed by atoms with E-state index in [9.17, 15) is 13.6 Å². The van der Waals surface area contributed by atoms with E-state index in [0.29, 0.717) is 16.8 Å². The molecule has 0 bridgehead atoms. The van der Waals surface area contributed by atoms with E-state index >= 15 is 0 Å². The number of rotatable bonds is 3. The smallest absolute Gasteiger partial charge is 0.395 e. The van der Waals surface area contributed by atoms with Gasteiger partial charge in [-0.2, -0.15) is 5.11 Å². The molecule has 2 unspecified atom stereocenters. The Balaban J connectivity index is 1.52. The summed E-state index contributed by atoms with van der Waals surface area (Å²) in [5.41, 5.74) is 1.77. The number of amides is 1. The predicted octanol–water partition coefficient (Wildman–Crippen LogP) is 5.14. The molecular formula is C17H12ClF2N3O3S. The molecule has 0 aliphatic carbocycles. The third kappa shape index (κ3) is 3.57. The number of anilines is 1. The Morgan fingerprint density at radius 2 is 1.89 bits per heavy atom. The van der Waals surface area contributed by atoms with Crippen LogP contribution >= 0.6 is 23.5 Å². The van der Waals surface area contributed by atoms with Gasteiger partial charge in [0.15, 0.2) is 11.5 Å². The Morgan fingerprint density at radius 3 is 2.52 bits per heavy atom. The lowest BCUT2D eigenvalue weighted by Crippen LogP contribution is -2.30. The molecule has 0 aromatic heterocycles. The van der Waals surface area contributed by atoms with Crippen molar-refractivity contribution in [3.8, 4) is 22.6 Å². The Hall–Kier alpha value is -2.39. The van der Waals surface area contributed by atoms with E-state index in [1.165, 1.54) is 12.1 Å². The van der Waals surface area contributed by atoms with Gasteiger partial charge in [-0.05, 0) is 30.7 Å². The zero-order valence-electron chi connectivity index (χ0n) is 13.8. The van der Waals surface area contributed by atoms with Gasteiger partial charge in [-0.1, -0.05) is 23.7 Å². The molecule has 27 heavy (non-hydrogen) atoms. The third-order valence-corrected chi connectivity index (χ3v) is 5.38. The van der Waals surface area contributed by atoms with Crippen molar-refractivity contribution in [1.82, 2.24) is 0 Å². The topological polar surface area (TPSA) is 72.3 Å². The number of carbonyl (C=O) groups is 1. The first-order valence-corrected chi connectivity index (χ1v) is 9.10. The van der Waals surface area contributed by atoms with Crippen LogP contribution in [-0.2, 0) is 4.79 Å². The molecule has 2 heterocycles. The Bertz CT molecular complexity index is 940. The van der Waals surface area contributed by atoms with Gasteiger partial charge in [0.1, 0.15) is 5.25 Å². The van der Waals surface area contributed by atoms with E-state index in [2.05, 4.69) is 24.4 Å². The molecule has 0 saturated heterocycles. The van der Waals surface area contributed by atoms with Gasteiger partial charge in [-0.25, -0.2) is 0 Å². The summed E-state index contributed by atoms with van der Waals surface area (Å²) in [5.74, 6) is -0.387. The SMILES string of the molecule is CC1N=NSC1C(=O)Nc1ccc(-c2cc3c(cc2Cl)OC(F)(F)O3)cc1. The quantitative estimate of drug-likeness (QED) is 0.710. The van der Waals surface area contributed by atoms with Gasteiger partial charge in [0.05, 0.1) is 11.1 Å². The fourth-order valence-corrected chi connectivity index (χ4v) is 3.66. The van der Waals surface area contributed by atoms with Gasteiger partial charge in [-0.3, -0.25) is 4.79 Å². The van der Waals surface area contributed by atoms with E-state index in [1.54, 1.807) is 24.3 Å². The minimum Gasteiger partial charge on any atom is -0.395 e.